The predicted molar refractivity (Wildman–Crippen MR) is 165 cm³/mol. The van der Waals surface area contributed by atoms with Crippen molar-refractivity contribution < 1.29 is 37.8 Å². The number of ketones is 2. The van der Waals surface area contributed by atoms with Crippen LogP contribution in [-0.4, -0.2) is 50.6 Å². The molecule has 1 aromatic rings. The van der Waals surface area contributed by atoms with Gasteiger partial charge in [-0.2, -0.15) is 0 Å². The number of hydrogen-bond acceptors (Lipinski definition) is 7. The summed E-state index contributed by atoms with van der Waals surface area (Å²) in [4.78, 5) is 52.8. The maximum absolute atomic E-state index is 17.6. The van der Waals surface area contributed by atoms with E-state index >= 15 is 8.78 Å². The van der Waals surface area contributed by atoms with E-state index in [2.05, 4.69) is 0 Å². The van der Waals surface area contributed by atoms with Crippen LogP contribution in [0.3, 0.4) is 0 Å². The molecule has 0 spiro atoms. The van der Waals surface area contributed by atoms with Gasteiger partial charge in [-0.1, -0.05) is 56.6 Å². The first kappa shape index (κ1) is 33.0. The number of Topliss-reactive ketones (excluding diaryl/α,β-unsaturated/α-hetero) is 1. The van der Waals surface area contributed by atoms with Gasteiger partial charge in [0.25, 0.3) is 0 Å². The Balaban J connectivity index is 1.52. The minimum atomic E-state index is -2.94. The summed E-state index contributed by atoms with van der Waals surface area (Å²) in [5.74, 6) is -6.75. The van der Waals surface area contributed by atoms with E-state index in [0.29, 0.717) is 17.0 Å². The maximum Gasteiger partial charge on any atom is 0.306 e. The number of carbonyl (C=O) groups excluding carboxylic acids is 4. The van der Waals surface area contributed by atoms with E-state index in [0.717, 1.165) is 24.3 Å². The van der Waals surface area contributed by atoms with Crippen molar-refractivity contribution in [2.45, 2.75) is 89.8 Å². The Morgan fingerprint density at radius 2 is 1.80 bits per heavy atom. The maximum atomic E-state index is 17.6. The van der Waals surface area contributed by atoms with Gasteiger partial charge < -0.3 is 9.84 Å². The molecular weight excluding hydrogens is 610 g/mol. The Morgan fingerprint density at radius 3 is 2.45 bits per heavy atom. The number of rotatable bonds is 8. The van der Waals surface area contributed by atoms with E-state index in [4.69, 9.17) is 16.3 Å². The highest BCUT2D eigenvalue weighted by Crippen LogP contribution is 2.73. The first-order valence-electron chi connectivity index (χ1n) is 15.3. The number of unbranched alkanes of at least 4 members (excludes halogenated alkanes) is 1. The van der Waals surface area contributed by atoms with Crippen LogP contribution in [0.25, 0.3) is 0 Å². The monoisotopic (exact) mass is 648 g/mol. The van der Waals surface area contributed by atoms with Gasteiger partial charge in [-0.25, -0.2) is 8.78 Å². The Hall–Kier alpha value is -2.36. The number of hydrogen-bond donors (Lipinski definition) is 1. The van der Waals surface area contributed by atoms with Gasteiger partial charge in [0, 0.05) is 51.7 Å². The Morgan fingerprint density at radius 1 is 1.11 bits per heavy atom. The van der Waals surface area contributed by atoms with Gasteiger partial charge in [0.05, 0.1) is 5.75 Å². The molecule has 0 unspecified atom stereocenters. The SMILES string of the molecule is CCCCC(=O)O[C@]1(C(=O)SCC(=O)c2ccc(Cl)cc2)[C@H](C)C[C@H]2[C@@H]3C[C@](O)(F)C4=CC(=O)C=C[C@]4(C)[C@@]3(F)CC[C@@]21C. The topological polar surface area (TPSA) is 97.7 Å². The molecule has 1 aromatic carbocycles. The molecule has 0 aliphatic heterocycles. The third-order valence-corrected chi connectivity index (χ3v) is 12.3. The number of alkyl halides is 2. The van der Waals surface area contributed by atoms with Crippen LogP contribution >= 0.6 is 23.4 Å². The number of carbonyl (C=O) groups is 4. The Bertz CT molecular complexity index is 1440. The number of ether oxygens (including phenoxy) is 1. The average molecular weight is 649 g/mol. The van der Waals surface area contributed by atoms with Crippen LogP contribution in [0.4, 0.5) is 8.78 Å². The first-order chi connectivity index (χ1) is 20.6. The minimum Gasteiger partial charge on any atom is -0.449 e. The van der Waals surface area contributed by atoms with Gasteiger partial charge in [-0.15, -0.1) is 0 Å². The Kier molecular flexibility index (Phi) is 8.60. The van der Waals surface area contributed by atoms with Gasteiger partial charge in [0.15, 0.2) is 17.2 Å². The number of allylic oxidation sites excluding steroid dienone is 3. The fourth-order valence-corrected chi connectivity index (χ4v) is 9.92. The molecule has 8 atom stereocenters. The quantitative estimate of drug-likeness (QED) is 0.236. The summed E-state index contributed by atoms with van der Waals surface area (Å²) in [5.41, 5.74) is -6.31. The van der Waals surface area contributed by atoms with Crippen LogP contribution in [0.5, 0.6) is 0 Å². The Labute approximate surface area is 266 Å². The highest BCUT2D eigenvalue weighted by molar-refractivity contribution is 8.14. The third-order valence-electron chi connectivity index (χ3n) is 11.1. The van der Waals surface area contributed by atoms with Crippen molar-refractivity contribution in [3.8, 4) is 0 Å². The van der Waals surface area contributed by atoms with Crippen LogP contribution in [0.1, 0.15) is 83.0 Å². The second kappa shape index (κ2) is 11.5. The number of aliphatic hydroxyl groups is 1. The molecule has 0 heterocycles. The zero-order valence-corrected chi connectivity index (χ0v) is 27.0. The summed E-state index contributed by atoms with van der Waals surface area (Å²) >= 11 is 6.73. The van der Waals surface area contributed by atoms with Crippen LogP contribution in [0.2, 0.25) is 5.02 Å². The van der Waals surface area contributed by atoms with Gasteiger partial charge >= 0.3 is 5.97 Å². The smallest absolute Gasteiger partial charge is 0.306 e. The van der Waals surface area contributed by atoms with Crippen LogP contribution in [0, 0.1) is 28.6 Å². The second-order valence-electron chi connectivity index (χ2n) is 13.4. The summed E-state index contributed by atoms with van der Waals surface area (Å²) in [5, 5.41) is 11.0. The molecule has 0 radical (unpaired) electrons. The lowest BCUT2D eigenvalue weighted by molar-refractivity contribution is -0.220. The van der Waals surface area contributed by atoms with Gasteiger partial charge in [0.1, 0.15) is 5.67 Å². The summed E-state index contributed by atoms with van der Waals surface area (Å²) in [6.07, 6.45) is 4.67. The molecule has 0 bridgehead atoms. The van der Waals surface area contributed by atoms with E-state index in [9.17, 15) is 24.3 Å². The van der Waals surface area contributed by atoms with Crippen LogP contribution < -0.4 is 0 Å². The molecule has 0 aromatic heterocycles. The fraction of sp³-hybridized carbons (Fsp3) is 0.588. The normalized spacial score (nSPS) is 39.1. The van der Waals surface area contributed by atoms with Crippen LogP contribution in [-0.2, 0) is 19.1 Å². The van der Waals surface area contributed by atoms with Crippen molar-refractivity contribution >= 4 is 46.0 Å². The molecule has 44 heavy (non-hydrogen) atoms. The lowest BCUT2D eigenvalue weighted by atomic mass is 9.45. The van der Waals surface area contributed by atoms with E-state index in [1.807, 2.05) is 6.92 Å². The fourth-order valence-electron chi connectivity index (χ4n) is 8.67. The van der Waals surface area contributed by atoms with E-state index in [1.165, 1.54) is 19.1 Å². The molecule has 10 heteroatoms. The number of esters is 1. The standard InChI is InChI=1S/C34H39ClF2O6S/c1-5-6-7-28(40)43-34(29(41)44-19-26(39)21-8-10-22(35)11-9-21)20(2)16-24-25-18-33(37,42)27-17-23(38)12-13-31(27,4)32(25,36)15-14-30(24,34)3/h8-13,17,20,24-25,42H,5-7,14-16,18-19H2,1-4H3/t20-,24+,25+,30+,31+,32-,33-,34+/m1/s1. The molecule has 1 N–H and O–H groups in total. The molecule has 0 amide bonds. The average Bonchev–Trinajstić information content (AvgIpc) is 3.20. The molecule has 6 nitrogen and oxygen atoms in total. The number of fused-ring (bicyclic) bond motifs is 5. The van der Waals surface area contributed by atoms with E-state index < -0.39 is 69.0 Å². The second-order valence-corrected chi connectivity index (χ2v) is 14.8. The summed E-state index contributed by atoms with van der Waals surface area (Å²) in [6.45, 7) is 7.04. The largest absolute Gasteiger partial charge is 0.449 e. The van der Waals surface area contributed by atoms with Crippen molar-refractivity contribution in [2.75, 3.05) is 5.75 Å². The molecule has 4 aliphatic carbocycles. The molecule has 0 saturated heterocycles. The van der Waals surface area contributed by atoms with Gasteiger partial charge in [-0.3, -0.25) is 19.2 Å². The molecule has 4 aliphatic rings. The molecular formula is C34H39ClF2O6S. The highest BCUT2D eigenvalue weighted by Gasteiger charge is 2.77. The van der Waals surface area contributed by atoms with Crippen molar-refractivity contribution in [1.82, 2.24) is 0 Å². The molecule has 3 saturated carbocycles. The van der Waals surface area contributed by atoms with Gasteiger partial charge in [0.2, 0.25) is 11.0 Å². The molecule has 3 fully saturated rings. The minimum absolute atomic E-state index is 0.0964. The van der Waals surface area contributed by atoms with Gasteiger partial charge in [-0.05, 0) is 74.9 Å². The van der Waals surface area contributed by atoms with E-state index in [1.54, 1.807) is 38.1 Å². The van der Waals surface area contributed by atoms with Crippen molar-refractivity contribution in [2.24, 2.45) is 28.6 Å². The first-order valence-corrected chi connectivity index (χ1v) is 16.7. The third kappa shape index (κ3) is 4.92. The zero-order valence-electron chi connectivity index (χ0n) is 25.5. The number of halogens is 3. The van der Waals surface area contributed by atoms with Crippen molar-refractivity contribution in [3.05, 3.63) is 58.7 Å². The molecule has 5 rings (SSSR count). The van der Waals surface area contributed by atoms with Crippen LogP contribution in [0.15, 0.2) is 48.1 Å². The molecule has 238 valence electrons. The van der Waals surface area contributed by atoms with Crippen molar-refractivity contribution in [1.29, 1.82) is 0 Å². The highest BCUT2D eigenvalue weighted by atomic mass is 35.5. The summed E-state index contributed by atoms with van der Waals surface area (Å²) in [6, 6.07) is 6.32. The summed E-state index contributed by atoms with van der Waals surface area (Å²) < 4.78 is 39.9. The van der Waals surface area contributed by atoms with Crippen molar-refractivity contribution in [3.63, 3.8) is 0 Å². The summed E-state index contributed by atoms with van der Waals surface area (Å²) in [7, 11) is 0. The number of thioether (sulfide) groups is 1. The number of benzene rings is 1. The predicted octanol–water partition coefficient (Wildman–Crippen LogP) is 7.17. The lowest BCUT2D eigenvalue weighted by Crippen LogP contribution is -2.67. The lowest BCUT2D eigenvalue weighted by Gasteiger charge is -2.62. The van der Waals surface area contributed by atoms with E-state index in [-0.39, 0.29) is 42.8 Å². The zero-order chi connectivity index (χ0) is 32.3.